The van der Waals surface area contributed by atoms with Crippen molar-refractivity contribution in [2.24, 2.45) is 0 Å². The molecule has 176 valence electrons. The number of allylic oxidation sites excluding steroid dienone is 8. The van der Waals surface area contributed by atoms with E-state index in [0.717, 1.165) is 12.1 Å². The van der Waals surface area contributed by atoms with Gasteiger partial charge in [-0.25, -0.2) is 4.39 Å². The number of rotatable bonds is 5. The molecule has 9 heteroatoms. The minimum Gasteiger partial charge on any atom is -0.336 e. The average molecular weight is 504 g/mol. The summed E-state index contributed by atoms with van der Waals surface area (Å²) in [5.41, 5.74) is 1.97. The number of benzene rings is 1. The van der Waals surface area contributed by atoms with Crippen LogP contribution in [0.5, 0.6) is 0 Å². The standard InChI is InChI=1S/C20H19FN4O3.C5H6.Fe/c21-15-6-7-18-16(12-15)20(27-10-11-28-20)19(26)25(18)9-3-8-24-13-17(22-23-24)14-4-1-2-5-14;1-2-4-5-3-1;/h1-2,4-7,12-14H,3,8-11H2;1-4H,5H2;/q;;+2. The molecule has 2 aliphatic heterocycles. The number of nitrogens with zero attached hydrogens (tertiary/aromatic N) is 4. The van der Waals surface area contributed by atoms with Gasteiger partial charge in [0.2, 0.25) is 0 Å². The van der Waals surface area contributed by atoms with E-state index in [9.17, 15) is 9.18 Å². The number of amides is 1. The second-order valence-electron chi connectivity index (χ2n) is 8.08. The van der Waals surface area contributed by atoms with Crippen LogP contribution in [0.3, 0.4) is 0 Å². The van der Waals surface area contributed by atoms with Gasteiger partial charge in [-0.3, -0.25) is 9.48 Å². The quantitative estimate of drug-likeness (QED) is 0.581. The van der Waals surface area contributed by atoms with Crippen molar-refractivity contribution >= 4 is 11.6 Å². The van der Waals surface area contributed by atoms with Crippen LogP contribution < -0.4 is 4.90 Å². The van der Waals surface area contributed by atoms with Crippen LogP contribution >= 0.6 is 0 Å². The van der Waals surface area contributed by atoms with Gasteiger partial charge in [0.25, 0.3) is 11.7 Å². The van der Waals surface area contributed by atoms with Crippen LogP contribution in [0.15, 0.2) is 73.0 Å². The number of aryl methyl sites for hydroxylation is 1. The fraction of sp³-hybridized carbons (Fsp3) is 0.320. The maximum Gasteiger partial charge on any atom is 2.00 e. The first-order chi connectivity index (χ1) is 16.2. The van der Waals surface area contributed by atoms with Gasteiger partial charge in [-0.05, 0) is 31.0 Å². The minimum atomic E-state index is -1.50. The summed E-state index contributed by atoms with van der Waals surface area (Å²) in [5, 5.41) is 8.38. The Morgan fingerprint density at radius 2 is 1.79 bits per heavy atom. The normalized spacial score (nSPS) is 19.1. The Labute approximate surface area is 208 Å². The largest absolute Gasteiger partial charge is 2.00 e. The van der Waals surface area contributed by atoms with Crippen molar-refractivity contribution in [3.63, 3.8) is 0 Å². The maximum absolute atomic E-state index is 13.8. The summed E-state index contributed by atoms with van der Waals surface area (Å²) in [5.74, 6) is -2.05. The van der Waals surface area contributed by atoms with Gasteiger partial charge in [0.15, 0.2) is 0 Å². The van der Waals surface area contributed by atoms with Gasteiger partial charge in [0.05, 0.1) is 24.6 Å². The van der Waals surface area contributed by atoms with Gasteiger partial charge in [-0.2, -0.15) is 0 Å². The van der Waals surface area contributed by atoms with Crippen molar-refractivity contribution in [3.8, 4) is 0 Å². The van der Waals surface area contributed by atoms with Crippen LogP contribution in [-0.2, 0) is 43.7 Å². The fourth-order valence-corrected chi connectivity index (χ4v) is 4.31. The third kappa shape index (κ3) is 4.70. The van der Waals surface area contributed by atoms with E-state index < -0.39 is 11.6 Å². The van der Waals surface area contributed by atoms with Crippen molar-refractivity contribution in [1.29, 1.82) is 0 Å². The number of carbonyl (C=O) groups excluding carboxylic acids is 1. The van der Waals surface area contributed by atoms with Gasteiger partial charge in [-0.1, -0.05) is 53.8 Å². The third-order valence-electron chi connectivity index (χ3n) is 5.89. The molecule has 1 aromatic carbocycles. The van der Waals surface area contributed by atoms with Gasteiger partial charge in [0, 0.05) is 30.8 Å². The Morgan fingerprint density at radius 3 is 2.47 bits per heavy atom. The Bertz CT molecular complexity index is 1130. The van der Waals surface area contributed by atoms with Crippen LogP contribution in [0.2, 0.25) is 0 Å². The molecule has 34 heavy (non-hydrogen) atoms. The molecule has 1 aromatic heterocycles. The predicted molar refractivity (Wildman–Crippen MR) is 121 cm³/mol. The molecule has 0 saturated carbocycles. The van der Waals surface area contributed by atoms with E-state index in [0.29, 0.717) is 44.0 Å². The van der Waals surface area contributed by atoms with Crippen molar-refractivity contribution in [1.82, 2.24) is 15.0 Å². The second kappa shape index (κ2) is 10.6. The summed E-state index contributed by atoms with van der Waals surface area (Å²) >= 11 is 0. The molecule has 1 spiro atoms. The zero-order chi connectivity index (χ0) is 22.7. The molecule has 0 N–H and O–H groups in total. The van der Waals surface area contributed by atoms with Gasteiger partial charge < -0.3 is 14.4 Å². The molecule has 3 heterocycles. The average Bonchev–Trinajstić information content (AvgIpc) is 3.66. The van der Waals surface area contributed by atoms with E-state index in [-0.39, 0.29) is 28.9 Å². The van der Waals surface area contributed by atoms with Crippen molar-refractivity contribution in [2.75, 3.05) is 24.7 Å². The van der Waals surface area contributed by atoms with E-state index in [1.165, 1.54) is 12.1 Å². The number of aromatic nitrogens is 3. The first-order valence-corrected chi connectivity index (χ1v) is 11.1. The summed E-state index contributed by atoms with van der Waals surface area (Å²) in [7, 11) is 0. The molecule has 4 aliphatic rings. The summed E-state index contributed by atoms with van der Waals surface area (Å²) in [6.07, 6.45) is 20.2. The van der Waals surface area contributed by atoms with E-state index in [4.69, 9.17) is 9.47 Å². The molecule has 2 aromatic rings. The Hall–Kier alpha value is -2.84. The molecule has 0 radical (unpaired) electrons. The number of hydrogen-bond acceptors (Lipinski definition) is 5. The Balaban J connectivity index is 0.000000407. The molecular weight excluding hydrogens is 479 g/mol. The van der Waals surface area contributed by atoms with Crippen molar-refractivity contribution in [3.05, 3.63) is 90.1 Å². The summed E-state index contributed by atoms with van der Waals surface area (Å²) in [6, 6.07) is 4.28. The number of ether oxygens (including phenoxy) is 2. The zero-order valence-electron chi connectivity index (χ0n) is 18.5. The molecule has 1 amide bonds. The number of carbonyl (C=O) groups is 1. The SMILES string of the molecule is C1=CCC=C1.O=C1N(CCCn2cc(C3C=CC=C3)nn2)c2ccc(F)cc2C12OCCO2.[Fe+2]. The first-order valence-electron chi connectivity index (χ1n) is 11.1. The van der Waals surface area contributed by atoms with E-state index in [2.05, 4.69) is 46.8 Å². The molecule has 0 bridgehead atoms. The summed E-state index contributed by atoms with van der Waals surface area (Å²) in [4.78, 5) is 14.6. The third-order valence-corrected chi connectivity index (χ3v) is 5.89. The fourth-order valence-electron chi connectivity index (χ4n) is 4.31. The van der Waals surface area contributed by atoms with Crippen molar-refractivity contribution < 1.29 is 35.7 Å². The minimum absolute atomic E-state index is 0. The summed E-state index contributed by atoms with van der Waals surface area (Å²) < 4.78 is 26.8. The molecule has 1 saturated heterocycles. The smallest absolute Gasteiger partial charge is 0.336 e. The van der Waals surface area contributed by atoms with Crippen LogP contribution in [0.1, 0.15) is 30.0 Å². The summed E-state index contributed by atoms with van der Waals surface area (Å²) in [6.45, 7) is 1.68. The van der Waals surface area contributed by atoms with Crippen LogP contribution in [0.25, 0.3) is 0 Å². The molecule has 0 atom stereocenters. The topological polar surface area (TPSA) is 69.5 Å². The van der Waals surface area contributed by atoms with Crippen LogP contribution in [0.4, 0.5) is 10.1 Å². The molecule has 2 aliphatic carbocycles. The Kier molecular flexibility index (Phi) is 7.58. The van der Waals surface area contributed by atoms with E-state index in [1.54, 1.807) is 15.6 Å². The van der Waals surface area contributed by atoms with Crippen LogP contribution in [0, 0.1) is 5.82 Å². The molecule has 0 unspecified atom stereocenters. The number of anilines is 1. The van der Waals surface area contributed by atoms with Crippen molar-refractivity contribution in [2.45, 2.75) is 31.1 Å². The monoisotopic (exact) mass is 504 g/mol. The molecule has 6 rings (SSSR count). The van der Waals surface area contributed by atoms with Gasteiger partial charge in [-0.15, -0.1) is 5.10 Å². The molecular formula is C25H25FFeN4O3+2. The molecule has 1 fully saturated rings. The van der Waals surface area contributed by atoms with Crippen LogP contribution in [-0.4, -0.2) is 40.7 Å². The number of halogens is 1. The second-order valence-corrected chi connectivity index (χ2v) is 8.08. The number of hydrogen-bond donors (Lipinski definition) is 0. The van der Waals surface area contributed by atoms with E-state index in [1.807, 2.05) is 18.3 Å². The zero-order valence-corrected chi connectivity index (χ0v) is 19.6. The first kappa shape index (κ1) is 24.3. The van der Waals surface area contributed by atoms with Gasteiger partial charge in [0.1, 0.15) is 5.82 Å². The van der Waals surface area contributed by atoms with Gasteiger partial charge >= 0.3 is 17.1 Å². The Morgan fingerprint density at radius 1 is 1.06 bits per heavy atom. The van der Waals surface area contributed by atoms with E-state index >= 15 is 0 Å². The maximum atomic E-state index is 13.8. The molecule has 7 nitrogen and oxygen atoms in total. The predicted octanol–water partition coefficient (Wildman–Crippen LogP) is 3.76. The number of fused-ring (bicyclic) bond motifs is 2.